The number of hydrogen-bond donors (Lipinski definition) is 2. The summed E-state index contributed by atoms with van der Waals surface area (Å²) in [5.41, 5.74) is 2.21. The van der Waals surface area contributed by atoms with E-state index in [0.717, 1.165) is 22.6 Å². The Balaban J connectivity index is 1.79. The summed E-state index contributed by atoms with van der Waals surface area (Å²) in [6.45, 7) is 2.01. The number of nitrogens with one attached hydrogen (secondary N) is 2. The van der Waals surface area contributed by atoms with Gasteiger partial charge in [0.15, 0.2) is 0 Å². The molecule has 0 bridgehead atoms. The summed E-state index contributed by atoms with van der Waals surface area (Å²) in [5.74, 6) is 0.559. The minimum atomic E-state index is -0.168. The quantitative estimate of drug-likeness (QED) is 0.818. The van der Waals surface area contributed by atoms with Gasteiger partial charge >= 0.3 is 0 Å². The van der Waals surface area contributed by atoms with E-state index in [2.05, 4.69) is 10.6 Å². The molecule has 0 saturated heterocycles. The van der Waals surface area contributed by atoms with Gasteiger partial charge in [-0.2, -0.15) is 0 Å². The molecule has 0 saturated carbocycles. The van der Waals surface area contributed by atoms with Crippen LogP contribution in [0.1, 0.15) is 41.7 Å². The lowest BCUT2D eigenvalue weighted by atomic mass is 10.0. The third-order valence-corrected chi connectivity index (χ3v) is 5.38. The van der Waals surface area contributed by atoms with Gasteiger partial charge in [0.25, 0.3) is 5.91 Å². The number of thioether (sulfide) groups is 1. The third-order valence-electron chi connectivity index (χ3n) is 4.07. The number of anilines is 1. The van der Waals surface area contributed by atoms with Crippen molar-refractivity contribution in [2.45, 2.75) is 30.7 Å². The van der Waals surface area contributed by atoms with Crippen molar-refractivity contribution in [3.05, 3.63) is 58.6 Å². The highest BCUT2D eigenvalue weighted by Gasteiger charge is 2.18. The maximum absolute atomic E-state index is 12.7. The van der Waals surface area contributed by atoms with E-state index >= 15 is 0 Å². The molecule has 25 heavy (non-hydrogen) atoms. The maximum Gasteiger partial charge on any atom is 0.251 e. The number of hydrogen-bond acceptors (Lipinski definition) is 3. The second-order valence-corrected chi connectivity index (χ2v) is 7.42. The van der Waals surface area contributed by atoms with Gasteiger partial charge in [-0.1, -0.05) is 30.7 Å². The van der Waals surface area contributed by atoms with Gasteiger partial charge in [0.2, 0.25) is 5.91 Å². The zero-order chi connectivity index (χ0) is 17.8. The van der Waals surface area contributed by atoms with Crippen molar-refractivity contribution >= 4 is 40.9 Å². The highest BCUT2D eigenvalue weighted by Crippen LogP contribution is 2.31. The van der Waals surface area contributed by atoms with Crippen LogP contribution in [-0.4, -0.2) is 17.6 Å². The molecule has 0 radical (unpaired) electrons. The van der Waals surface area contributed by atoms with Crippen molar-refractivity contribution in [1.29, 1.82) is 0 Å². The summed E-state index contributed by atoms with van der Waals surface area (Å²) in [6, 6.07) is 12.8. The molecule has 1 atom stereocenters. The zero-order valence-electron chi connectivity index (χ0n) is 13.8. The molecule has 1 aliphatic heterocycles. The lowest BCUT2D eigenvalue weighted by molar-refractivity contribution is -0.115. The second kappa shape index (κ2) is 7.93. The van der Waals surface area contributed by atoms with Crippen molar-refractivity contribution < 1.29 is 9.59 Å². The number of carbonyl (C=O) groups excluding carboxylic acids is 2. The Bertz CT molecular complexity index is 810. The van der Waals surface area contributed by atoms with Crippen LogP contribution < -0.4 is 10.6 Å². The average molecular weight is 375 g/mol. The van der Waals surface area contributed by atoms with Crippen LogP contribution in [0.3, 0.4) is 0 Å². The molecule has 1 aliphatic rings. The van der Waals surface area contributed by atoms with Crippen molar-refractivity contribution in [1.82, 2.24) is 5.32 Å². The Morgan fingerprint density at radius 1 is 1.32 bits per heavy atom. The molecule has 6 heteroatoms. The molecule has 0 aromatic heterocycles. The first-order chi connectivity index (χ1) is 12.1. The molecule has 1 heterocycles. The first-order valence-corrected chi connectivity index (χ1v) is 9.56. The topological polar surface area (TPSA) is 58.2 Å². The van der Waals surface area contributed by atoms with E-state index in [1.807, 2.05) is 37.3 Å². The molecule has 3 rings (SSSR count). The van der Waals surface area contributed by atoms with E-state index < -0.39 is 0 Å². The van der Waals surface area contributed by atoms with Crippen LogP contribution in [0.2, 0.25) is 5.02 Å². The van der Waals surface area contributed by atoms with Gasteiger partial charge in [0, 0.05) is 27.7 Å². The zero-order valence-corrected chi connectivity index (χ0v) is 15.4. The normalized spacial score (nSPS) is 14.9. The Labute approximate surface area is 156 Å². The average Bonchev–Trinajstić information content (AvgIpc) is 2.79. The molecule has 1 unspecified atom stereocenters. The van der Waals surface area contributed by atoms with Gasteiger partial charge in [-0.3, -0.25) is 9.59 Å². The first-order valence-electron chi connectivity index (χ1n) is 8.20. The Hall–Kier alpha value is -1.98. The summed E-state index contributed by atoms with van der Waals surface area (Å²) in [7, 11) is 0. The molecule has 0 spiro atoms. The van der Waals surface area contributed by atoms with E-state index in [1.165, 1.54) is 0 Å². The number of benzene rings is 2. The molecule has 0 aliphatic carbocycles. The van der Waals surface area contributed by atoms with Gasteiger partial charge < -0.3 is 10.6 Å². The number of rotatable bonds is 4. The minimum absolute atomic E-state index is 0.0193. The highest BCUT2D eigenvalue weighted by atomic mass is 35.5. The SMILES string of the molecule is CCC(NC(=O)c1ccc2c(c1)NC(=O)CCS2)c1cccc(Cl)c1. The summed E-state index contributed by atoms with van der Waals surface area (Å²) in [6.07, 6.45) is 1.23. The van der Waals surface area contributed by atoms with Gasteiger partial charge in [-0.15, -0.1) is 11.8 Å². The monoisotopic (exact) mass is 374 g/mol. The van der Waals surface area contributed by atoms with Gasteiger partial charge in [-0.25, -0.2) is 0 Å². The van der Waals surface area contributed by atoms with Gasteiger partial charge in [-0.05, 0) is 42.3 Å². The molecule has 2 aromatic rings. The van der Waals surface area contributed by atoms with Crippen LogP contribution in [-0.2, 0) is 4.79 Å². The molecule has 4 nitrogen and oxygen atoms in total. The summed E-state index contributed by atoms with van der Waals surface area (Å²) < 4.78 is 0. The lowest BCUT2D eigenvalue weighted by Crippen LogP contribution is -2.28. The van der Waals surface area contributed by atoms with E-state index in [1.54, 1.807) is 23.9 Å². The fourth-order valence-corrected chi connectivity index (χ4v) is 3.88. The van der Waals surface area contributed by atoms with Crippen molar-refractivity contribution in [2.24, 2.45) is 0 Å². The number of carbonyl (C=O) groups is 2. The fourth-order valence-electron chi connectivity index (χ4n) is 2.75. The molecular formula is C19H19ClN2O2S. The van der Waals surface area contributed by atoms with Crippen LogP contribution >= 0.6 is 23.4 Å². The van der Waals surface area contributed by atoms with Crippen LogP contribution in [0, 0.1) is 0 Å². The number of fused-ring (bicyclic) bond motifs is 1. The highest BCUT2D eigenvalue weighted by molar-refractivity contribution is 7.99. The molecule has 2 N–H and O–H groups in total. The van der Waals surface area contributed by atoms with Gasteiger partial charge in [0.1, 0.15) is 0 Å². The standard InChI is InChI=1S/C19H19ClN2O2S/c1-2-15(12-4-3-5-14(20)10-12)22-19(24)13-6-7-17-16(11-13)21-18(23)8-9-25-17/h3-7,10-11,15H,2,8-9H2,1H3,(H,21,23)(H,22,24). The Kier molecular flexibility index (Phi) is 5.66. The third kappa shape index (κ3) is 4.35. The lowest BCUT2D eigenvalue weighted by Gasteiger charge is -2.18. The summed E-state index contributed by atoms with van der Waals surface area (Å²) in [5, 5.41) is 6.56. The summed E-state index contributed by atoms with van der Waals surface area (Å²) >= 11 is 7.67. The summed E-state index contributed by atoms with van der Waals surface area (Å²) in [4.78, 5) is 25.4. The maximum atomic E-state index is 12.7. The van der Waals surface area contributed by atoms with Crippen LogP contribution in [0.25, 0.3) is 0 Å². The molecule has 2 aromatic carbocycles. The Morgan fingerprint density at radius 2 is 2.16 bits per heavy atom. The number of amides is 2. The predicted octanol–water partition coefficient (Wildman–Crippen LogP) is 4.66. The molecule has 2 amide bonds. The molecule has 130 valence electrons. The fraction of sp³-hybridized carbons (Fsp3) is 0.263. The first kappa shape index (κ1) is 17.8. The second-order valence-electron chi connectivity index (χ2n) is 5.85. The molecule has 0 fully saturated rings. The van der Waals surface area contributed by atoms with Crippen LogP contribution in [0.15, 0.2) is 47.4 Å². The minimum Gasteiger partial charge on any atom is -0.345 e. The predicted molar refractivity (Wildman–Crippen MR) is 102 cm³/mol. The van der Waals surface area contributed by atoms with Crippen molar-refractivity contribution in [3.63, 3.8) is 0 Å². The van der Waals surface area contributed by atoms with Gasteiger partial charge in [0.05, 0.1) is 11.7 Å². The Morgan fingerprint density at radius 3 is 2.92 bits per heavy atom. The van der Waals surface area contributed by atoms with E-state index in [-0.39, 0.29) is 17.9 Å². The van der Waals surface area contributed by atoms with Crippen molar-refractivity contribution in [2.75, 3.05) is 11.1 Å². The largest absolute Gasteiger partial charge is 0.345 e. The molecular weight excluding hydrogens is 356 g/mol. The van der Waals surface area contributed by atoms with Crippen LogP contribution in [0.5, 0.6) is 0 Å². The van der Waals surface area contributed by atoms with Crippen molar-refractivity contribution in [3.8, 4) is 0 Å². The van der Waals surface area contributed by atoms with E-state index in [4.69, 9.17) is 11.6 Å². The van der Waals surface area contributed by atoms with Crippen LogP contribution in [0.4, 0.5) is 5.69 Å². The smallest absolute Gasteiger partial charge is 0.251 e. The van der Waals surface area contributed by atoms with E-state index in [9.17, 15) is 9.59 Å². The number of halogens is 1. The van der Waals surface area contributed by atoms with E-state index in [0.29, 0.717) is 22.7 Å².